The maximum absolute atomic E-state index is 13.8. The minimum atomic E-state index is -3.37. The van der Waals surface area contributed by atoms with Crippen LogP contribution in [0.2, 0.25) is 0 Å². The number of aromatic nitrogens is 2. The Kier molecular flexibility index (Phi) is 5.46. The van der Waals surface area contributed by atoms with E-state index in [9.17, 15) is 22.4 Å². The number of carbonyl (C=O) groups is 1. The van der Waals surface area contributed by atoms with Gasteiger partial charge in [-0.1, -0.05) is 18.2 Å². The molecule has 1 atom stereocenters. The highest BCUT2D eigenvalue weighted by Gasteiger charge is 2.32. The predicted molar refractivity (Wildman–Crippen MR) is 108 cm³/mol. The maximum atomic E-state index is 13.8. The Morgan fingerprint density at radius 1 is 1.30 bits per heavy atom. The van der Waals surface area contributed by atoms with Crippen molar-refractivity contribution in [2.45, 2.75) is 31.7 Å². The number of nitrogens with zero attached hydrogens (tertiary/aromatic N) is 3. The van der Waals surface area contributed by atoms with Crippen LogP contribution in [-0.2, 0) is 34.2 Å². The van der Waals surface area contributed by atoms with Gasteiger partial charge in [0, 0.05) is 31.1 Å². The van der Waals surface area contributed by atoms with Crippen LogP contribution in [0.5, 0.6) is 0 Å². The van der Waals surface area contributed by atoms with Gasteiger partial charge in [0.05, 0.1) is 24.9 Å². The number of H-pyrrole nitrogens is 1. The molecule has 1 aromatic carbocycles. The molecule has 0 radical (unpaired) electrons. The lowest BCUT2D eigenvalue weighted by atomic mass is 10.1. The van der Waals surface area contributed by atoms with Crippen molar-refractivity contribution in [2.24, 2.45) is 0 Å². The van der Waals surface area contributed by atoms with Crippen LogP contribution in [0.3, 0.4) is 0 Å². The molecular formula is C20H23FN4O4S. The third-order valence-electron chi connectivity index (χ3n) is 5.75. The van der Waals surface area contributed by atoms with E-state index in [0.717, 1.165) is 6.26 Å². The molecule has 1 aromatic heterocycles. The molecule has 2 aliphatic heterocycles. The number of nitrogens with one attached hydrogen (secondary N) is 1. The van der Waals surface area contributed by atoms with Crippen molar-refractivity contribution in [1.82, 2.24) is 19.2 Å². The first-order valence-electron chi connectivity index (χ1n) is 9.80. The van der Waals surface area contributed by atoms with Crippen LogP contribution in [0.15, 0.2) is 29.1 Å². The third kappa shape index (κ3) is 4.15. The van der Waals surface area contributed by atoms with Gasteiger partial charge in [-0.05, 0) is 24.5 Å². The summed E-state index contributed by atoms with van der Waals surface area (Å²) in [6, 6.07) is 6.20. The summed E-state index contributed by atoms with van der Waals surface area (Å²) in [5.74, 6) is -0.264. The first kappa shape index (κ1) is 20.7. The molecule has 1 N–H and O–H groups in total. The topological polar surface area (TPSA) is 103 Å². The fourth-order valence-electron chi connectivity index (χ4n) is 4.04. The van der Waals surface area contributed by atoms with Gasteiger partial charge in [-0.15, -0.1) is 0 Å². The minimum absolute atomic E-state index is 0.0170. The number of likely N-dealkylation sites (tertiary alicyclic amines) is 1. The number of fused-ring (bicyclic) bond motifs is 1. The van der Waals surface area contributed by atoms with Gasteiger partial charge in [0.15, 0.2) is 0 Å². The third-order valence-corrected chi connectivity index (χ3v) is 7.00. The van der Waals surface area contributed by atoms with E-state index in [0.29, 0.717) is 48.6 Å². The number of benzene rings is 1. The number of sulfonamides is 1. The summed E-state index contributed by atoms with van der Waals surface area (Å²) in [5, 5.41) is 0. The maximum Gasteiger partial charge on any atom is 0.254 e. The average molecular weight is 434 g/mol. The molecule has 0 aliphatic carbocycles. The number of carbonyl (C=O) groups excluding carboxylic acids is 1. The van der Waals surface area contributed by atoms with Crippen molar-refractivity contribution >= 4 is 15.9 Å². The molecule has 3 heterocycles. The van der Waals surface area contributed by atoms with Gasteiger partial charge >= 0.3 is 0 Å². The van der Waals surface area contributed by atoms with Crippen LogP contribution in [0.25, 0.3) is 0 Å². The number of hydrogen-bond donors (Lipinski definition) is 1. The van der Waals surface area contributed by atoms with Crippen LogP contribution in [0.1, 0.15) is 35.0 Å². The van der Waals surface area contributed by atoms with Crippen molar-refractivity contribution in [3.63, 3.8) is 0 Å². The molecule has 8 nitrogen and oxygen atoms in total. The summed E-state index contributed by atoms with van der Waals surface area (Å²) in [5.41, 5.74) is 1.09. The first-order chi connectivity index (χ1) is 14.2. The second-order valence-electron chi connectivity index (χ2n) is 7.82. The molecule has 2 aromatic rings. The molecule has 10 heteroatoms. The zero-order valence-corrected chi connectivity index (χ0v) is 17.4. The first-order valence-corrected chi connectivity index (χ1v) is 11.7. The lowest BCUT2D eigenvalue weighted by molar-refractivity contribution is -0.129. The van der Waals surface area contributed by atoms with E-state index in [-0.39, 0.29) is 36.9 Å². The largest absolute Gasteiger partial charge is 0.342 e. The van der Waals surface area contributed by atoms with E-state index >= 15 is 0 Å². The zero-order chi connectivity index (χ0) is 21.5. The van der Waals surface area contributed by atoms with E-state index < -0.39 is 15.8 Å². The molecule has 1 saturated heterocycles. The second-order valence-corrected chi connectivity index (χ2v) is 9.80. The fraction of sp³-hybridized carbons (Fsp3) is 0.450. The van der Waals surface area contributed by atoms with Crippen LogP contribution in [-0.4, -0.2) is 59.4 Å². The summed E-state index contributed by atoms with van der Waals surface area (Å²) in [6.45, 7) is 1.21. The van der Waals surface area contributed by atoms with Crippen LogP contribution < -0.4 is 5.56 Å². The molecule has 160 valence electrons. The number of hydrogen-bond acceptors (Lipinski definition) is 5. The number of rotatable bonds is 4. The summed E-state index contributed by atoms with van der Waals surface area (Å²) in [6.07, 6.45) is 2.07. The van der Waals surface area contributed by atoms with Gasteiger partial charge in [0.2, 0.25) is 15.9 Å². The summed E-state index contributed by atoms with van der Waals surface area (Å²) < 4.78 is 38.9. The lowest BCUT2D eigenvalue weighted by Crippen LogP contribution is -2.39. The molecule has 1 fully saturated rings. The van der Waals surface area contributed by atoms with Crippen LogP contribution in [0, 0.1) is 5.82 Å². The molecule has 0 bridgehead atoms. The molecular weight excluding hydrogens is 411 g/mol. The highest BCUT2D eigenvalue weighted by atomic mass is 32.2. The monoisotopic (exact) mass is 434 g/mol. The Hall–Kier alpha value is -2.59. The predicted octanol–water partition coefficient (Wildman–Crippen LogP) is 0.785. The van der Waals surface area contributed by atoms with Crippen molar-refractivity contribution in [3.05, 3.63) is 63.1 Å². The molecule has 2 aliphatic rings. The van der Waals surface area contributed by atoms with Gasteiger partial charge in [-0.25, -0.2) is 17.8 Å². The fourth-order valence-corrected chi connectivity index (χ4v) is 4.82. The van der Waals surface area contributed by atoms with Gasteiger partial charge in [0.25, 0.3) is 5.56 Å². The van der Waals surface area contributed by atoms with Crippen molar-refractivity contribution < 1.29 is 17.6 Å². The lowest BCUT2D eigenvalue weighted by Gasteiger charge is -2.26. The summed E-state index contributed by atoms with van der Waals surface area (Å²) >= 11 is 0. The van der Waals surface area contributed by atoms with Gasteiger partial charge in [0.1, 0.15) is 11.6 Å². The molecule has 30 heavy (non-hydrogen) atoms. The summed E-state index contributed by atoms with van der Waals surface area (Å²) in [7, 11) is -3.37. The van der Waals surface area contributed by atoms with Crippen LogP contribution in [0.4, 0.5) is 4.39 Å². The highest BCUT2D eigenvalue weighted by molar-refractivity contribution is 7.88. The Morgan fingerprint density at radius 3 is 2.80 bits per heavy atom. The van der Waals surface area contributed by atoms with Gasteiger partial charge < -0.3 is 9.88 Å². The van der Waals surface area contributed by atoms with Gasteiger partial charge in [-0.2, -0.15) is 4.31 Å². The zero-order valence-electron chi connectivity index (χ0n) is 16.6. The number of aromatic amines is 1. The van der Waals surface area contributed by atoms with Crippen molar-refractivity contribution in [3.8, 4) is 0 Å². The standard InChI is InChI=1S/C20H23FN4O4S/c1-30(28,29)25-9-7-15-17(12-25)22-19(23-20(15)27)14-6-8-24(11-14)18(26)10-13-4-2-3-5-16(13)21/h2-5,14H,6-12H2,1H3,(H,22,23,27). The van der Waals surface area contributed by atoms with E-state index in [1.807, 2.05) is 0 Å². The van der Waals surface area contributed by atoms with E-state index in [1.54, 1.807) is 23.1 Å². The normalized spacial score (nSPS) is 19.7. The van der Waals surface area contributed by atoms with Crippen LogP contribution >= 0.6 is 0 Å². The average Bonchev–Trinajstić information content (AvgIpc) is 3.19. The Bertz CT molecular complexity index is 1150. The molecule has 1 unspecified atom stereocenters. The summed E-state index contributed by atoms with van der Waals surface area (Å²) in [4.78, 5) is 34.1. The Labute approximate surface area is 173 Å². The minimum Gasteiger partial charge on any atom is -0.342 e. The molecule has 0 spiro atoms. The smallest absolute Gasteiger partial charge is 0.254 e. The van der Waals surface area contributed by atoms with Crippen molar-refractivity contribution in [2.75, 3.05) is 25.9 Å². The Morgan fingerprint density at radius 2 is 2.07 bits per heavy atom. The number of halogens is 1. The van der Waals surface area contributed by atoms with E-state index in [1.165, 1.54) is 10.4 Å². The SMILES string of the molecule is CS(=O)(=O)N1CCc2c(nc(C3CCN(C(=O)Cc4ccccc4F)C3)[nH]c2=O)C1. The van der Waals surface area contributed by atoms with E-state index in [4.69, 9.17) is 0 Å². The molecule has 1 amide bonds. The second kappa shape index (κ2) is 7.92. The van der Waals surface area contributed by atoms with Crippen molar-refractivity contribution in [1.29, 1.82) is 0 Å². The quantitative estimate of drug-likeness (QED) is 0.766. The molecule has 4 rings (SSSR count). The highest BCUT2D eigenvalue weighted by Crippen LogP contribution is 2.26. The van der Waals surface area contributed by atoms with E-state index in [2.05, 4.69) is 9.97 Å². The number of amides is 1. The van der Waals surface area contributed by atoms with Gasteiger partial charge in [-0.3, -0.25) is 9.59 Å². The molecule has 0 saturated carbocycles. The Balaban J connectivity index is 1.49.